The number of hydrogen-bond acceptors (Lipinski definition) is 4. The third-order valence-corrected chi connectivity index (χ3v) is 3.57. The van der Waals surface area contributed by atoms with Gasteiger partial charge in [0, 0.05) is 31.7 Å². The van der Waals surface area contributed by atoms with Crippen molar-refractivity contribution in [1.82, 2.24) is 5.32 Å². The first kappa shape index (κ1) is 12.3. The van der Waals surface area contributed by atoms with Crippen LogP contribution in [0.3, 0.4) is 0 Å². The Morgan fingerprint density at radius 3 is 2.61 bits per heavy atom. The first-order valence-corrected chi connectivity index (χ1v) is 7.52. The molecule has 1 aromatic rings. The number of ketones is 1. The average Bonchev–Trinajstić information content (AvgIpc) is 2.55. The molecule has 0 aromatic heterocycles. The number of benzene rings is 1. The summed E-state index contributed by atoms with van der Waals surface area (Å²) in [5.74, 6) is -4.69. The average molecular weight is 366 g/mol. The molecule has 0 aliphatic rings. The number of nitrogens with one attached hydrogen (secondary N) is 1. The highest BCUT2D eigenvalue weighted by molar-refractivity contribution is 6.43. The summed E-state index contributed by atoms with van der Waals surface area (Å²) in [4.78, 5) is 24.3. The van der Waals surface area contributed by atoms with Gasteiger partial charge in [0.05, 0.1) is 11.0 Å². The highest BCUT2D eigenvalue weighted by Crippen LogP contribution is 2.22. The summed E-state index contributed by atoms with van der Waals surface area (Å²) in [5.41, 5.74) is 0.121. The zero-order valence-electron chi connectivity index (χ0n) is 18.1. The number of rotatable bonds is 8. The van der Waals surface area contributed by atoms with Gasteiger partial charge in [-0.15, -0.1) is 0 Å². The Morgan fingerprint density at radius 2 is 2.00 bits per heavy atom. The van der Waals surface area contributed by atoms with Crippen molar-refractivity contribution in [1.29, 1.82) is 0 Å². The molecule has 0 aliphatic heterocycles. The molecule has 0 radical (unpaired) electrons. The van der Waals surface area contributed by atoms with Gasteiger partial charge in [0.2, 0.25) is 5.91 Å². The van der Waals surface area contributed by atoms with Crippen LogP contribution in [0.1, 0.15) is 51.5 Å². The zero-order chi connectivity index (χ0) is 22.6. The summed E-state index contributed by atoms with van der Waals surface area (Å²) in [6.07, 6.45) is -1.36. The number of halogens is 2. The molecular weight excluding hydrogens is 340 g/mol. The summed E-state index contributed by atoms with van der Waals surface area (Å²) < 4.78 is 44.2. The van der Waals surface area contributed by atoms with Crippen LogP contribution in [-0.2, 0) is 4.79 Å². The lowest BCUT2D eigenvalue weighted by Crippen LogP contribution is -2.47. The Balaban J connectivity index is 2.78. The molecule has 0 spiro atoms. The van der Waals surface area contributed by atoms with Crippen molar-refractivity contribution < 1.29 is 27.9 Å². The lowest BCUT2D eigenvalue weighted by Gasteiger charge is -2.19. The quantitative estimate of drug-likeness (QED) is 0.488. The molecule has 1 aromatic carbocycles. The molecule has 0 unspecified atom stereocenters. The molecule has 0 bridgehead atoms. The van der Waals surface area contributed by atoms with Crippen LogP contribution in [-0.4, -0.2) is 34.8 Å². The molecule has 0 saturated carbocycles. The van der Waals surface area contributed by atoms with Gasteiger partial charge in [-0.3, -0.25) is 9.59 Å². The Labute approximate surface area is 154 Å². The maximum absolute atomic E-state index is 12.2. The van der Waals surface area contributed by atoms with Crippen molar-refractivity contribution in [2.45, 2.75) is 38.9 Å². The second-order valence-corrected chi connectivity index (χ2v) is 5.77. The number of carbonyl (C=O) groups excluding carboxylic acids is 2. The van der Waals surface area contributed by atoms with Crippen LogP contribution in [0.15, 0.2) is 18.2 Å². The minimum Gasteiger partial charge on any atom is -0.426 e. The lowest BCUT2D eigenvalue weighted by atomic mass is 9.75. The predicted molar refractivity (Wildman–Crippen MR) is 91.6 cm³/mol. The largest absolute Gasteiger partial charge is 0.475 e. The van der Waals surface area contributed by atoms with Crippen molar-refractivity contribution in [2.75, 3.05) is 0 Å². The fraction of sp³-hybridized carbons (Fsp3) is 0.467. The summed E-state index contributed by atoms with van der Waals surface area (Å²) in [6.45, 7) is -5.80. The molecule has 23 heavy (non-hydrogen) atoms. The number of hydrogen-bond donors (Lipinski definition) is 3. The van der Waals surface area contributed by atoms with Crippen LogP contribution in [0.4, 0.5) is 0 Å². The topological polar surface area (TPSA) is 86.6 Å². The van der Waals surface area contributed by atoms with Gasteiger partial charge in [-0.2, -0.15) is 0 Å². The summed E-state index contributed by atoms with van der Waals surface area (Å²) in [5, 5.41) is 21.5. The molecule has 1 atom stereocenters. The van der Waals surface area contributed by atoms with Gasteiger partial charge in [-0.25, -0.2) is 0 Å². The third kappa shape index (κ3) is 6.91. The van der Waals surface area contributed by atoms with Gasteiger partial charge in [-0.1, -0.05) is 36.9 Å². The minimum atomic E-state index is -2.90. The highest BCUT2D eigenvalue weighted by atomic mass is 35.5. The Bertz CT molecular complexity index is 730. The SMILES string of the molecule is [2H]C([2H])([2H])C(C[C@H](NC(=O)CCC(=O)c1cc(Cl)ccc1Cl)B(O)O)C([2H])([2H])[2H]. The third-order valence-electron chi connectivity index (χ3n) is 3.00. The number of amides is 1. The second-order valence-electron chi connectivity index (χ2n) is 4.92. The van der Waals surface area contributed by atoms with E-state index in [1.54, 1.807) is 0 Å². The van der Waals surface area contributed by atoms with E-state index in [1.165, 1.54) is 18.2 Å². The van der Waals surface area contributed by atoms with E-state index in [0.29, 0.717) is 0 Å². The molecular formula is C15H20BCl2NO4. The molecule has 3 N–H and O–H groups in total. The molecule has 1 amide bonds. The molecule has 5 nitrogen and oxygen atoms in total. The van der Waals surface area contributed by atoms with Crippen LogP contribution in [0.25, 0.3) is 0 Å². The van der Waals surface area contributed by atoms with Gasteiger partial charge in [0.1, 0.15) is 0 Å². The van der Waals surface area contributed by atoms with E-state index in [9.17, 15) is 19.6 Å². The maximum atomic E-state index is 12.2. The highest BCUT2D eigenvalue weighted by Gasteiger charge is 2.26. The normalized spacial score (nSPS) is 17.1. The van der Waals surface area contributed by atoms with E-state index in [2.05, 4.69) is 5.32 Å². The summed E-state index contributed by atoms with van der Waals surface area (Å²) >= 11 is 11.7. The van der Waals surface area contributed by atoms with Crippen LogP contribution < -0.4 is 5.32 Å². The fourth-order valence-electron chi connectivity index (χ4n) is 1.86. The Morgan fingerprint density at radius 1 is 1.30 bits per heavy atom. The second kappa shape index (κ2) is 9.28. The molecule has 0 heterocycles. The van der Waals surface area contributed by atoms with E-state index in [-0.39, 0.29) is 28.5 Å². The van der Waals surface area contributed by atoms with Crippen molar-refractivity contribution in [3.8, 4) is 0 Å². The number of carbonyl (C=O) groups is 2. The summed E-state index contributed by atoms with van der Waals surface area (Å²) in [6, 6.07) is 4.27. The lowest BCUT2D eigenvalue weighted by molar-refractivity contribution is -0.121. The number of Topliss-reactive ketones (excluding diaryl/α,β-unsaturated/α-hetero) is 1. The minimum absolute atomic E-state index is 0.121. The Hall–Kier alpha value is -1.08. The monoisotopic (exact) mass is 365 g/mol. The first-order chi connectivity index (χ1) is 13.1. The van der Waals surface area contributed by atoms with Gasteiger partial charge in [0.25, 0.3) is 0 Å². The van der Waals surface area contributed by atoms with Crippen LogP contribution >= 0.6 is 23.2 Å². The van der Waals surface area contributed by atoms with Gasteiger partial charge >= 0.3 is 7.12 Å². The van der Waals surface area contributed by atoms with Crippen molar-refractivity contribution >= 4 is 42.0 Å². The van der Waals surface area contributed by atoms with Gasteiger partial charge in [-0.05, 0) is 30.5 Å². The predicted octanol–water partition coefficient (Wildman–Crippen LogP) is 2.50. The van der Waals surface area contributed by atoms with E-state index < -0.39 is 50.8 Å². The zero-order valence-corrected chi connectivity index (χ0v) is 13.6. The van der Waals surface area contributed by atoms with E-state index >= 15 is 0 Å². The van der Waals surface area contributed by atoms with Crippen molar-refractivity contribution in [3.05, 3.63) is 33.8 Å². The fourth-order valence-corrected chi connectivity index (χ4v) is 2.26. The molecule has 8 heteroatoms. The molecule has 0 saturated heterocycles. The molecule has 0 aliphatic carbocycles. The van der Waals surface area contributed by atoms with E-state index in [0.717, 1.165) is 0 Å². The maximum Gasteiger partial charge on any atom is 0.475 e. The first-order valence-electron chi connectivity index (χ1n) is 9.76. The Kier molecular flexibility index (Phi) is 4.97. The van der Waals surface area contributed by atoms with E-state index in [1.807, 2.05) is 0 Å². The molecule has 1 rings (SSSR count). The van der Waals surface area contributed by atoms with Crippen LogP contribution in [0, 0.1) is 5.92 Å². The van der Waals surface area contributed by atoms with Crippen LogP contribution in [0.5, 0.6) is 0 Å². The van der Waals surface area contributed by atoms with Gasteiger partial charge in [0.15, 0.2) is 5.78 Å². The van der Waals surface area contributed by atoms with Crippen LogP contribution in [0.2, 0.25) is 10.0 Å². The standard InChI is InChI=1S/C15H20BCl2NO4/c1-9(2)7-14(16(22)23)19-15(21)6-5-13(20)11-8-10(17)3-4-12(11)18/h3-4,8-9,14,22-23H,5-7H2,1-2H3,(H,19,21)/t14-/m0/s1/i1D3,2D3. The van der Waals surface area contributed by atoms with Gasteiger partial charge < -0.3 is 15.4 Å². The van der Waals surface area contributed by atoms with Crippen molar-refractivity contribution in [2.24, 2.45) is 5.92 Å². The molecule has 126 valence electrons. The van der Waals surface area contributed by atoms with E-state index in [4.69, 9.17) is 31.4 Å². The smallest absolute Gasteiger partial charge is 0.426 e. The molecule has 0 fully saturated rings. The van der Waals surface area contributed by atoms with Crippen molar-refractivity contribution in [3.63, 3.8) is 0 Å². The summed E-state index contributed by atoms with van der Waals surface area (Å²) in [7, 11) is -2.19.